The van der Waals surface area contributed by atoms with Gasteiger partial charge in [0.15, 0.2) is 0 Å². The van der Waals surface area contributed by atoms with Crippen LogP contribution in [0.4, 0.5) is 13.2 Å². The van der Waals surface area contributed by atoms with Gasteiger partial charge in [-0.15, -0.1) is 0 Å². The minimum atomic E-state index is -2.59. The first-order valence-electron chi connectivity index (χ1n) is 4.29. The molecule has 0 amide bonds. The molecule has 5 heteroatoms. The van der Waals surface area contributed by atoms with Gasteiger partial charge in [0.25, 0.3) is 6.43 Å². The standard InChI is InChI=1S/C8H15F3N2/c1-8(12-2)4-13(5-8)6(3-9)7(10)11/h6-7,12H,3-5H2,1-2H3. The Labute approximate surface area is 76.1 Å². The molecule has 1 N–H and O–H groups in total. The summed E-state index contributed by atoms with van der Waals surface area (Å²) in [4.78, 5) is 1.47. The molecule has 2 nitrogen and oxygen atoms in total. The maximum atomic E-state index is 12.2. The lowest BCUT2D eigenvalue weighted by Gasteiger charge is -2.50. The van der Waals surface area contributed by atoms with Gasteiger partial charge in [0.2, 0.25) is 0 Å². The highest BCUT2D eigenvalue weighted by molar-refractivity contribution is 5.00. The summed E-state index contributed by atoms with van der Waals surface area (Å²) in [5.41, 5.74) is -0.123. The lowest BCUT2D eigenvalue weighted by atomic mass is 9.91. The van der Waals surface area contributed by atoms with Crippen molar-refractivity contribution in [1.29, 1.82) is 0 Å². The highest BCUT2D eigenvalue weighted by Gasteiger charge is 2.43. The van der Waals surface area contributed by atoms with Gasteiger partial charge in [-0.05, 0) is 14.0 Å². The van der Waals surface area contributed by atoms with E-state index in [0.29, 0.717) is 13.1 Å². The van der Waals surface area contributed by atoms with Gasteiger partial charge in [0.1, 0.15) is 6.67 Å². The minimum absolute atomic E-state index is 0.123. The quantitative estimate of drug-likeness (QED) is 0.718. The SMILES string of the molecule is CNC1(C)CN(C(CF)C(F)F)C1. The zero-order valence-electron chi connectivity index (χ0n) is 7.86. The summed E-state index contributed by atoms with van der Waals surface area (Å²) in [6.07, 6.45) is -2.59. The van der Waals surface area contributed by atoms with E-state index in [-0.39, 0.29) is 5.54 Å². The van der Waals surface area contributed by atoms with Crippen molar-refractivity contribution >= 4 is 0 Å². The average Bonchev–Trinajstić information content (AvgIpc) is 2.01. The first-order chi connectivity index (χ1) is 6.02. The summed E-state index contributed by atoms with van der Waals surface area (Å²) >= 11 is 0. The van der Waals surface area contributed by atoms with Crippen LogP contribution in [0.15, 0.2) is 0 Å². The molecule has 0 aliphatic carbocycles. The third-order valence-electron chi connectivity index (χ3n) is 2.63. The zero-order valence-corrected chi connectivity index (χ0v) is 7.86. The summed E-state index contributed by atoms with van der Waals surface area (Å²) in [6.45, 7) is 1.94. The van der Waals surface area contributed by atoms with Crippen LogP contribution in [0.2, 0.25) is 0 Å². The van der Waals surface area contributed by atoms with Gasteiger partial charge in [-0.25, -0.2) is 13.2 Å². The highest BCUT2D eigenvalue weighted by Crippen LogP contribution is 2.25. The molecule has 1 rings (SSSR count). The zero-order chi connectivity index (χ0) is 10.1. The van der Waals surface area contributed by atoms with Gasteiger partial charge in [-0.2, -0.15) is 0 Å². The van der Waals surface area contributed by atoms with E-state index in [1.165, 1.54) is 4.90 Å². The molecule has 0 bridgehead atoms. The highest BCUT2D eigenvalue weighted by atomic mass is 19.3. The number of hydrogen-bond donors (Lipinski definition) is 1. The molecule has 0 saturated carbocycles. The Morgan fingerprint density at radius 1 is 1.46 bits per heavy atom. The molecule has 1 aliphatic heterocycles. The van der Waals surface area contributed by atoms with Crippen molar-refractivity contribution in [3.05, 3.63) is 0 Å². The first-order valence-corrected chi connectivity index (χ1v) is 4.29. The minimum Gasteiger partial charge on any atom is -0.312 e. The fraction of sp³-hybridized carbons (Fsp3) is 1.00. The Hall–Kier alpha value is -0.290. The van der Waals surface area contributed by atoms with E-state index in [9.17, 15) is 13.2 Å². The van der Waals surface area contributed by atoms with Gasteiger partial charge >= 0.3 is 0 Å². The van der Waals surface area contributed by atoms with Crippen LogP contribution in [0.3, 0.4) is 0 Å². The Morgan fingerprint density at radius 2 is 2.00 bits per heavy atom. The number of alkyl halides is 3. The molecule has 78 valence electrons. The van der Waals surface area contributed by atoms with Crippen LogP contribution in [-0.2, 0) is 0 Å². The Balaban J connectivity index is 2.40. The normalized spacial score (nSPS) is 24.5. The fourth-order valence-electron chi connectivity index (χ4n) is 1.57. The molecule has 13 heavy (non-hydrogen) atoms. The molecule has 0 aromatic rings. The third kappa shape index (κ3) is 2.14. The van der Waals surface area contributed by atoms with Gasteiger partial charge in [-0.1, -0.05) is 0 Å². The number of rotatable bonds is 4. The molecule has 1 saturated heterocycles. The van der Waals surface area contributed by atoms with Crippen LogP contribution < -0.4 is 5.32 Å². The van der Waals surface area contributed by atoms with Crippen molar-refractivity contribution in [2.24, 2.45) is 0 Å². The van der Waals surface area contributed by atoms with E-state index in [1.807, 2.05) is 6.92 Å². The maximum absolute atomic E-state index is 12.2. The molecule has 1 atom stereocenters. The molecular weight excluding hydrogens is 181 g/mol. The summed E-state index contributed by atoms with van der Waals surface area (Å²) in [5.74, 6) is 0. The number of nitrogens with one attached hydrogen (secondary N) is 1. The van der Waals surface area contributed by atoms with E-state index in [0.717, 1.165) is 0 Å². The van der Waals surface area contributed by atoms with Crippen molar-refractivity contribution in [1.82, 2.24) is 10.2 Å². The van der Waals surface area contributed by atoms with Crippen LogP contribution in [0, 0.1) is 0 Å². The topological polar surface area (TPSA) is 15.3 Å². The van der Waals surface area contributed by atoms with Gasteiger partial charge < -0.3 is 5.32 Å². The smallest absolute Gasteiger partial charge is 0.256 e. The molecular formula is C8H15F3N2. The molecule has 0 aromatic heterocycles. The summed E-state index contributed by atoms with van der Waals surface area (Å²) in [5, 5.41) is 3.02. The second kappa shape index (κ2) is 3.84. The largest absolute Gasteiger partial charge is 0.312 e. The summed E-state index contributed by atoms with van der Waals surface area (Å²) in [7, 11) is 1.78. The number of likely N-dealkylation sites (tertiary alicyclic amines) is 1. The van der Waals surface area contributed by atoms with E-state index in [2.05, 4.69) is 5.32 Å². The predicted octanol–water partition coefficient (Wildman–Crippen LogP) is 0.883. The number of halogens is 3. The Morgan fingerprint density at radius 3 is 2.31 bits per heavy atom. The number of likely N-dealkylation sites (N-methyl/N-ethyl adjacent to an activating group) is 1. The van der Waals surface area contributed by atoms with Crippen LogP contribution in [-0.4, -0.2) is 49.7 Å². The summed E-state index contributed by atoms with van der Waals surface area (Å²) in [6, 6.07) is -1.22. The molecule has 1 heterocycles. The molecule has 1 unspecified atom stereocenters. The Bertz CT molecular complexity index is 169. The van der Waals surface area contributed by atoms with E-state index in [4.69, 9.17) is 0 Å². The number of hydrogen-bond acceptors (Lipinski definition) is 2. The van der Waals surface area contributed by atoms with Crippen molar-refractivity contribution in [2.75, 3.05) is 26.8 Å². The second-order valence-corrected chi connectivity index (χ2v) is 3.77. The third-order valence-corrected chi connectivity index (χ3v) is 2.63. The predicted molar refractivity (Wildman–Crippen MR) is 44.8 cm³/mol. The molecule has 0 aromatic carbocycles. The maximum Gasteiger partial charge on any atom is 0.256 e. The van der Waals surface area contributed by atoms with Gasteiger partial charge in [0, 0.05) is 18.6 Å². The van der Waals surface area contributed by atoms with Crippen molar-refractivity contribution < 1.29 is 13.2 Å². The van der Waals surface area contributed by atoms with Crippen molar-refractivity contribution in [3.63, 3.8) is 0 Å². The molecule has 1 aliphatic rings. The summed E-state index contributed by atoms with van der Waals surface area (Å²) < 4.78 is 36.6. The van der Waals surface area contributed by atoms with Crippen LogP contribution in [0.1, 0.15) is 6.92 Å². The molecule has 0 radical (unpaired) electrons. The molecule has 1 fully saturated rings. The number of nitrogens with zero attached hydrogens (tertiary/aromatic N) is 1. The molecule has 0 spiro atoms. The van der Waals surface area contributed by atoms with Crippen LogP contribution >= 0.6 is 0 Å². The van der Waals surface area contributed by atoms with Gasteiger partial charge in [-0.3, -0.25) is 4.90 Å². The van der Waals surface area contributed by atoms with E-state index in [1.54, 1.807) is 7.05 Å². The lowest BCUT2D eigenvalue weighted by molar-refractivity contribution is -0.0556. The Kier molecular flexibility index (Phi) is 3.18. The van der Waals surface area contributed by atoms with Crippen LogP contribution in [0.25, 0.3) is 0 Å². The van der Waals surface area contributed by atoms with Crippen LogP contribution in [0.5, 0.6) is 0 Å². The van der Waals surface area contributed by atoms with Gasteiger partial charge in [0.05, 0.1) is 6.04 Å². The fourth-order valence-corrected chi connectivity index (χ4v) is 1.57. The van der Waals surface area contributed by atoms with Crippen molar-refractivity contribution in [3.8, 4) is 0 Å². The monoisotopic (exact) mass is 196 g/mol. The second-order valence-electron chi connectivity index (χ2n) is 3.77. The van der Waals surface area contributed by atoms with Crippen molar-refractivity contribution in [2.45, 2.75) is 24.9 Å². The van der Waals surface area contributed by atoms with E-state index < -0.39 is 19.1 Å². The lowest BCUT2D eigenvalue weighted by Crippen LogP contribution is -2.70. The van der Waals surface area contributed by atoms with E-state index >= 15 is 0 Å². The average molecular weight is 196 g/mol. The first kappa shape index (κ1) is 10.8.